The predicted molar refractivity (Wildman–Crippen MR) is 54.7 cm³/mol. The van der Waals surface area contributed by atoms with Gasteiger partial charge in [0.1, 0.15) is 5.82 Å². The normalized spacial score (nSPS) is 17.3. The molecule has 0 radical (unpaired) electrons. The Hall–Kier alpha value is -1.82. The van der Waals surface area contributed by atoms with Crippen LogP contribution in [0.3, 0.4) is 0 Å². The number of aromatic amines is 1. The van der Waals surface area contributed by atoms with Gasteiger partial charge in [-0.05, 0) is 12.1 Å². The molecule has 2 N–H and O–H groups in total. The van der Waals surface area contributed by atoms with E-state index in [1.54, 1.807) is 18.3 Å². The van der Waals surface area contributed by atoms with Gasteiger partial charge in [-0.25, -0.2) is 0 Å². The van der Waals surface area contributed by atoms with Crippen molar-refractivity contribution in [3.8, 4) is 0 Å². The minimum Gasteiger partial charge on any atom is -0.468 e. The molecule has 1 fully saturated rings. The lowest BCUT2D eigenvalue weighted by Gasteiger charge is -2.36. The average Bonchev–Trinajstić information content (AvgIpc) is 2.68. The number of aromatic nitrogens is 1. The molecule has 1 aromatic heterocycles. The van der Waals surface area contributed by atoms with Gasteiger partial charge in [0.05, 0.1) is 20.3 Å². The minimum absolute atomic E-state index is 0.0617. The number of methoxy groups -OCH3 is 1. The molecule has 2 rings (SSSR count). The molecule has 1 aliphatic rings. The number of rotatable bonds is 3. The van der Waals surface area contributed by atoms with Crippen LogP contribution in [0.2, 0.25) is 0 Å². The molecule has 2 heterocycles. The summed E-state index contributed by atoms with van der Waals surface area (Å²) in [5.74, 6) is -0.434. The number of H-pyrrole nitrogens is 1. The molecular weight excluding hydrogens is 212 g/mol. The SMILES string of the molecule is COC(=O)C1(C(=O)Nc2ccc[nH]2)COC1. The molecule has 16 heavy (non-hydrogen) atoms. The standard InChI is InChI=1S/C10H12N2O4/c1-15-9(14)10(5-16-6-10)8(13)12-7-3-2-4-11-7/h2-4,11H,5-6H2,1H3,(H,12,13). The molecule has 0 unspecified atom stereocenters. The van der Waals surface area contributed by atoms with E-state index >= 15 is 0 Å². The number of amides is 1. The van der Waals surface area contributed by atoms with E-state index < -0.39 is 17.3 Å². The number of nitrogens with one attached hydrogen (secondary N) is 2. The van der Waals surface area contributed by atoms with E-state index in [1.165, 1.54) is 7.11 Å². The van der Waals surface area contributed by atoms with E-state index in [1.807, 2.05) is 0 Å². The molecule has 86 valence electrons. The molecule has 1 aliphatic heterocycles. The van der Waals surface area contributed by atoms with Gasteiger partial charge in [0.25, 0.3) is 0 Å². The number of carbonyl (C=O) groups is 2. The van der Waals surface area contributed by atoms with Crippen molar-refractivity contribution in [2.45, 2.75) is 0 Å². The number of hydrogen-bond acceptors (Lipinski definition) is 4. The Morgan fingerprint density at radius 3 is 2.75 bits per heavy atom. The van der Waals surface area contributed by atoms with Crippen LogP contribution >= 0.6 is 0 Å². The maximum absolute atomic E-state index is 11.9. The van der Waals surface area contributed by atoms with Crippen molar-refractivity contribution in [3.05, 3.63) is 18.3 Å². The van der Waals surface area contributed by atoms with E-state index in [9.17, 15) is 9.59 Å². The molecule has 0 bridgehead atoms. The van der Waals surface area contributed by atoms with Gasteiger partial charge in [-0.15, -0.1) is 0 Å². The van der Waals surface area contributed by atoms with Gasteiger partial charge in [0.2, 0.25) is 5.91 Å². The fraction of sp³-hybridized carbons (Fsp3) is 0.400. The Morgan fingerprint density at radius 1 is 1.56 bits per heavy atom. The van der Waals surface area contributed by atoms with Crippen LogP contribution in [0.4, 0.5) is 5.82 Å². The van der Waals surface area contributed by atoms with E-state index in [-0.39, 0.29) is 13.2 Å². The third kappa shape index (κ3) is 1.57. The van der Waals surface area contributed by atoms with Gasteiger partial charge in [0, 0.05) is 6.20 Å². The predicted octanol–water partition coefficient (Wildman–Crippen LogP) is 0.143. The highest BCUT2D eigenvalue weighted by atomic mass is 16.5. The highest BCUT2D eigenvalue weighted by molar-refractivity contribution is 6.09. The molecule has 1 amide bonds. The van der Waals surface area contributed by atoms with E-state index in [4.69, 9.17) is 4.74 Å². The van der Waals surface area contributed by atoms with Crippen molar-refractivity contribution >= 4 is 17.7 Å². The van der Waals surface area contributed by atoms with Crippen molar-refractivity contribution in [2.75, 3.05) is 25.6 Å². The highest BCUT2D eigenvalue weighted by Gasteiger charge is 2.54. The summed E-state index contributed by atoms with van der Waals surface area (Å²) in [4.78, 5) is 26.2. The van der Waals surface area contributed by atoms with Crippen LogP contribution in [0.1, 0.15) is 0 Å². The van der Waals surface area contributed by atoms with Crippen molar-refractivity contribution < 1.29 is 19.1 Å². The average molecular weight is 224 g/mol. The Morgan fingerprint density at radius 2 is 2.31 bits per heavy atom. The molecular formula is C10H12N2O4. The van der Waals surface area contributed by atoms with Gasteiger partial charge >= 0.3 is 5.97 Å². The van der Waals surface area contributed by atoms with Crippen molar-refractivity contribution in [1.29, 1.82) is 0 Å². The topological polar surface area (TPSA) is 80.4 Å². The largest absolute Gasteiger partial charge is 0.468 e. The van der Waals surface area contributed by atoms with Gasteiger partial charge in [0.15, 0.2) is 5.41 Å². The van der Waals surface area contributed by atoms with Crippen molar-refractivity contribution in [2.24, 2.45) is 5.41 Å². The van der Waals surface area contributed by atoms with E-state index in [2.05, 4.69) is 15.0 Å². The fourth-order valence-electron chi connectivity index (χ4n) is 1.49. The fourth-order valence-corrected chi connectivity index (χ4v) is 1.49. The van der Waals surface area contributed by atoms with Crippen LogP contribution in [-0.4, -0.2) is 37.2 Å². The first-order chi connectivity index (χ1) is 7.69. The first kappa shape index (κ1) is 10.7. The Bertz CT molecular complexity index is 395. The smallest absolute Gasteiger partial charge is 0.326 e. The quantitative estimate of drug-likeness (QED) is 0.565. The molecule has 0 atom stereocenters. The van der Waals surface area contributed by atoms with E-state index in [0.29, 0.717) is 5.82 Å². The third-order valence-corrected chi connectivity index (χ3v) is 2.55. The molecule has 6 heteroatoms. The van der Waals surface area contributed by atoms with Gasteiger partial charge < -0.3 is 19.8 Å². The molecule has 1 aromatic rings. The third-order valence-electron chi connectivity index (χ3n) is 2.55. The summed E-state index contributed by atoms with van der Waals surface area (Å²) in [5.41, 5.74) is -1.19. The lowest BCUT2D eigenvalue weighted by atomic mass is 9.85. The van der Waals surface area contributed by atoms with E-state index in [0.717, 1.165) is 0 Å². The Labute approximate surface area is 91.9 Å². The van der Waals surface area contributed by atoms with Crippen LogP contribution in [0.5, 0.6) is 0 Å². The molecule has 0 aliphatic carbocycles. The summed E-state index contributed by atoms with van der Waals surface area (Å²) in [6.45, 7) is 0.123. The number of esters is 1. The van der Waals surface area contributed by atoms with Crippen LogP contribution in [-0.2, 0) is 19.1 Å². The van der Waals surface area contributed by atoms with Gasteiger partial charge in [-0.3, -0.25) is 9.59 Å². The molecule has 0 saturated carbocycles. The monoisotopic (exact) mass is 224 g/mol. The maximum atomic E-state index is 11.9. The number of ether oxygens (including phenoxy) is 2. The highest BCUT2D eigenvalue weighted by Crippen LogP contribution is 2.30. The van der Waals surface area contributed by atoms with Gasteiger partial charge in [-0.1, -0.05) is 0 Å². The Kier molecular flexibility index (Phi) is 2.66. The summed E-state index contributed by atoms with van der Waals surface area (Å²) in [5, 5.41) is 2.60. The second kappa shape index (κ2) is 3.97. The second-order valence-corrected chi connectivity index (χ2v) is 3.60. The Balaban J connectivity index is 2.10. The van der Waals surface area contributed by atoms with Crippen molar-refractivity contribution in [1.82, 2.24) is 4.98 Å². The van der Waals surface area contributed by atoms with Crippen LogP contribution in [0.15, 0.2) is 18.3 Å². The zero-order chi connectivity index (χ0) is 11.6. The zero-order valence-electron chi connectivity index (χ0n) is 8.78. The summed E-state index contributed by atoms with van der Waals surface area (Å²) in [7, 11) is 1.25. The zero-order valence-corrected chi connectivity index (χ0v) is 8.78. The molecule has 0 aromatic carbocycles. The number of anilines is 1. The summed E-state index contributed by atoms with van der Waals surface area (Å²) in [6, 6.07) is 3.44. The molecule has 1 saturated heterocycles. The summed E-state index contributed by atoms with van der Waals surface area (Å²) >= 11 is 0. The van der Waals surface area contributed by atoms with Gasteiger partial charge in [-0.2, -0.15) is 0 Å². The van der Waals surface area contributed by atoms with Crippen LogP contribution in [0, 0.1) is 5.41 Å². The summed E-state index contributed by atoms with van der Waals surface area (Å²) in [6.07, 6.45) is 1.68. The maximum Gasteiger partial charge on any atom is 0.326 e. The summed E-state index contributed by atoms with van der Waals surface area (Å²) < 4.78 is 9.54. The second-order valence-electron chi connectivity index (χ2n) is 3.60. The van der Waals surface area contributed by atoms with Crippen molar-refractivity contribution in [3.63, 3.8) is 0 Å². The first-order valence-electron chi connectivity index (χ1n) is 4.80. The number of hydrogen-bond donors (Lipinski definition) is 2. The lowest BCUT2D eigenvalue weighted by molar-refractivity contribution is -0.185. The molecule has 0 spiro atoms. The first-order valence-corrected chi connectivity index (χ1v) is 4.80. The van der Waals surface area contributed by atoms with Crippen LogP contribution < -0.4 is 5.32 Å². The minimum atomic E-state index is -1.19. The molecule has 6 nitrogen and oxygen atoms in total. The lowest BCUT2D eigenvalue weighted by Crippen LogP contribution is -2.57. The van der Waals surface area contributed by atoms with Crippen LogP contribution in [0.25, 0.3) is 0 Å². The number of carbonyl (C=O) groups excluding carboxylic acids is 2.